The van der Waals surface area contributed by atoms with Crippen molar-refractivity contribution in [2.45, 2.75) is 129 Å². The maximum atomic E-state index is 11.6. The predicted molar refractivity (Wildman–Crippen MR) is 113 cm³/mol. The first-order valence-corrected chi connectivity index (χ1v) is 11.4. The van der Waals surface area contributed by atoms with Gasteiger partial charge in [-0.2, -0.15) is 0 Å². The van der Waals surface area contributed by atoms with Gasteiger partial charge in [0.05, 0.1) is 11.9 Å². The molecule has 0 radical (unpaired) electrons. The van der Waals surface area contributed by atoms with Crippen LogP contribution < -0.4 is 10.2 Å². The van der Waals surface area contributed by atoms with Gasteiger partial charge >= 0.3 is 37.7 Å². The average molecular weight is 423 g/mol. The normalized spacial score (nSPS) is 11.2. The zero-order valence-corrected chi connectivity index (χ0v) is 20.8. The molecule has 160 valence electrons. The fraction of sp³-hybridized carbons (Fsp3) is 0.913. The van der Waals surface area contributed by atoms with Crippen LogP contribution in [0, 0.1) is 5.41 Å². The van der Waals surface area contributed by atoms with Crippen LogP contribution in [0.5, 0.6) is 0 Å². The Hall–Kier alpha value is 0.200. The molecule has 0 aliphatic carbocycles. The van der Waals surface area contributed by atoms with E-state index in [-0.39, 0.29) is 50.6 Å². The van der Waals surface area contributed by atoms with Gasteiger partial charge in [-0.3, -0.25) is 0 Å². The van der Waals surface area contributed by atoms with Crippen LogP contribution >= 0.6 is 0 Å². The molecule has 0 saturated carbocycles. The molecule has 0 saturated heterocycles. The fourth-order valence-corrected chi connectivity index (χ4v) is 3.74. The molecule has 0 aliphatic heterocycles. The maximum Gasteiger partial charge on any atom is 2.00 e. The van der Waals surface area contributed by atoms with Crippen LogP contribution in [0.15, 0.2) is 0 Å². The molecule has 0 amide bonds. The Kier molecular flexibility index (Phi) is 22.2. The molecule has 0 unspecified atom stereocenters. The molecule has 4 nitrogen and oxygen atoms in total. The van der Waals surface area contributed by atoms with Crippen LogP contribution in [0.4, 0.5) is 0 Å². The van der Waals surface area contributed by atoms with Crippen molar-refractivity contribution in [2.75, 3.05) is 0 Å². The second-order valence-corrected chi connectivity index (χ2v) is 8.11. The quantitative estimate of drug-likeness (QED) is 0.168. The molecule has 0 aromatic carbocycles. The summed E-state index contributed by atoms with van der Waals surface area (Å²) in [4.78, 5) is 23.2. The van der Waals surface area contributed by atoms with E-state index < -0.39 is 17.4 Å². The molecule has 5 heteroatoms. The summed E-state index contributed by atoms with van der Waals surface area (Å²) in [5.74, 6) is -2.93. The summed E-state index contributed by atoms with van der Waals surface area (Å²) in [6.45, 7) is 4.36. The zero-order chi connectivity index (χ0) is 20.4. The van der Waals surface area contributed by atoms with Gasteiger partial charge in [-0.05, 0) is 12.8 Å². The first kappa shape index (κ1) is 30.4. The molecule has 0 rings (SSSR count). The number of hydrogen-bond donors (Lipinski definition) is 0. The molecule has 0 N–H and O–H groups in total. The van der Waals surface area contributed by atoms with Crippen LogP contribution in [0.1, 0.15) is 129 Å². The smallest absolute Gasteiger partial charge is 0.549 e. The standard InChI is InChI=1S/C23H44O4.Ca/c1-3-5-7-9-11-12-13-14-16-18-20-23(21(24)25,22(26)27)19-17-15-10-8-6-4-2;/h3-20H2,1-2H3,(H,24,25)(H,26,27);/q;+2/p-2. The van der Waals surface area contributed by atoms with Crippen molar-refractivity contribution in [2.24, 2.45) is 5.41 Å². The molecule has 28 heavy (non-hydrogen) atoms. The number of hydrogen-bond acceptors (Lipinski definition) is 4. The first-order chi connectivity index (χ1) is 13.0. The Morgan fingerprint density at radius 1 is 0.536 bits per heavy atom. The van der Waals surface area contributed by atoms with E-state index in [0.717, 1.165) is 44.9 Å². The Morgan fingerprint density at radius 3 is 1.04 bits per heavy atom. The molecular formula is C23H42CaO4. The summed E-state index contributed by atoms with van der Waals surface area (Å²) in [5.41, 5.74) is -1.80. The van der Waals surface area contributed by atoms with Gasteiger partial charge in [0.15, 0.2) is 0 Å². The molecule has 0 aromatic heterocycles. The molecular weight excluding hydrogens is 380 g/mol. The van der Waals surface area contributed by atoms with Crippen LogP contribution in [0.3, 0.4) is 0 Å². The Bertz CT molecular complexity index is 371. The predicted octanol–water partition coefficient (Wildman–Crippen LogP) is 4.15. The summed E-state index contributed by atoms with van der Waals surface area (Å²) in [7, 11) is 0. The molecule has 0 heterocycles. The van der Waals surface area contributed by atoms with Gasteiger partial charge in [0.2, 0.25) is 0 Å². The third-order valence-electron chi connectivity index (χ3n) is 5.70. The van der Waals surface area contributed by atoms with Crippen LogP contribution in [0.25, 0.3) is 0 Å². The summed E-state index contributed by atoms with van der Waals surface area (Å²) >= 11 is 0. The Labute approximate surface area is 203 Å². The number of carbonyl (C=O) groups excluding carboxylic acids is 2. The third kappa shape index (κ3) is 14.2. The van der Waals surface area contributed by atoms with Gasteiger partial charge in [-0.15, -0.1) is 0 Å². The molecule has 0 spiro atoms. The average Bonchev–Trinajstić information content (AvgIpc) is 2.63. The van der Waals surface area contributed by atoms with E-state index in [2.05, 4.69) is 13.8 Å². The van der Waals surface area contributed by atoms with Gasteiger partial charge in [0.1, 0.15) is 0 Å². The van der Waals surface area contributed by atoms with Crippen molar-refractivity contribution in [3.8, 4) is 0 Å². The number of unbranched alkanes of at least 4 members (excludes halogenated alkanes) is 14. The monoisotopic (exact) mass is 422 g/mol. The summed E-state index contributed by atoms with van der Waals surface area (Å²) in [6.07, 6.45) is 17.6. The fourth-order valence-electron chi connectivity index (χ4n) is 3.74. The van der Waals surface area contributed by atoms with E-state index in [1.54, 1.807) is 0 Å². The van der Waals surface area contributed by atoms with Crippen molar-refractivity contribution in [3.63, 3.8) is 0 Å². The van der Waals surface area contributed by atoms with Gasteiger partial charge < -0.3 is 19.8 Å². The minimum Gasteiger partial charge on any atom is -0.549 e. The molecule has 0 aromatic rings. The van der Waals surface area contributed by atoms with E-state index in [4.69, 9.17) is 0 Å². The minimum atomic E-state index is -1.80. The number of carbonyl (C=O) groups is 2. The zero-order valence-electron chi connectivity index (χ0n) is 18.6. The van der Waals surface area contributed by atoms with Gasteiger partial charge in [0.25, 0.3) is 0 Å². The van der Waals surface area contributed by atoms with Gasteiger partial charge in [-0.25, -0.2) is 0 Å². The minimum absolute atomic E-state index is 0. The molecule has 0 fully saturated rings. The van der Waals surface area contributed by atoms with Crippen molar-refractivity contribution < 1.29 is 19.8 Å². The summed E-state index contributed by atoms with van der Waals surface area (Å²) in [6, 6.07) is 0. The Balaban J connectivity index is 0. The molecule has 0 atom stereocenters. The second kappa shape index (κ2) is 20.5. The van der Waals surface area contributed by atoms with E-state index >= 15 is 0 Å². The van der Waals surface area contributed by atoms with Gasteiger partial charge in [0, 0.05) is 5.41 Å². The topological polar surface area (TPSA) is 80.3 Å². The summed E-state index contributed by atoms with van der Waals surface area (Å²) < 4.78 is 0. The van der Waals surface area contributed by atoms with Crippen molar-refractivity contribution >= 4 is 49.7 Å². The van der Waals surface area contributed by atoms with E-state index in [9.17, 15) is 19.8 Å². The van der Waals surface area contributed by atoms with E-state index in [1.807, 2.05) is 0 Å². The van der Waals surface area contributed by atoms with Crippen molar-refractivity contribution in [1.82, 2.24) is 0 Å². The van der Waals surface area contributed by atoms with E-state index in [1.165, 1.54) is 44.9 Å². The summed E-state index contributed by atoms with van der Waals surface area (Å²) in [5, 5.41) is 23.2. The van der Waals surface area contributed by atoms with Crippen LogP contribution in [-0.4, -0.2) is 49.7 Å². The van der Waals surface area contributed by atoms with Crippen LogP contribution in [0.2, 0.25) is 0 Å². The molecule has 0 bridgehead atoms. The maximum absolute atomic E-state index is 11.6. The van der Waals surface area contributed by atoms with Crippen molar-refractivity contribution in [1.29, 1.82) is 0 Å². The number of carboxylic acids is 2. The largest absolute Gasteiger partial charge is 2.00 e. The first-order valence-electron chi connectivity index (χ1n) is 11.4. The van der Waals surface area contributed by atoms with Crippen molar-refractivity contribution in [3.05, 3.63) is 0 Å². The number of rotatable bonds is 20. The SMILES string of the molecule is CCCCCCCCCCCCC(CCCCCCCC)(C(=O)[O-])C(=O)[O-].[Ca+2]. The third-order valence-corrected chi connectivity index (χ3v) is 5.70. The number of aliphatic carboxylic acids is 2. The van der Waals surface area contributed by atoms with Crippen LogP contribution in [-0.2, 0) is 9.59 Å². The van der Waals surface area contributed by atoms with Gasteiger partial charge in [-0.1, -0.05) is 117 Å². The number of carboxylic acid groups (broad SMARTS) is 2. The Morgan fingerprint density at radius 2 is 0.786 bits per heavy atom. The van der Waals surface area contributed by atoms with E-state index in [0.29, 0.717) is 12.8 Å². The second-order valence-electron chi connectivity index (χ2n) is 8.11. The molecule has 0 aliphatic rings.